The summed E-state index contributed by atoms with van der Waals surface area (Å²) in [5.74, 6) is -0.187. The molecule has 1 aromatic heterocycles. The van der Waals surface area contributed by atoms with E-state index in [1.54, 1.807) is 43.5 Å². The molecule has 3 rings (SSSR count). The fraction of sp³-hybridized carbons (Fsp3) is 0.0952. The van der Waals surface area contributed by atoms with Crippen LogP contribution in [0, 0.1) is 0 Å². The summed E-state index contributed by atoms with van der Waals surface area (Å²) in [6.07, 6.45) is 3.84. The highest BCUT2D eigenvalue weighted by Crippen LogP contribution is 2.16. The number of nitrogens with one attached hydrogen (secondary N) is 2. The molecule has 0 fully saturated rings. The summed E-state index contributed by atoms with van der Waals surface area (Å²) >= 11 is 0. The van der Waals surface area contributed by atoms with Crippen LogP contribution in [0.1, 0.15) is 17.3 Å². The van der Waals surface area contributed by atoms with Crippen LogP contribution < -0.4 is 15.5 Å². The zero-order valence-electron chi connectivity index (χ0n) is 15.5. The Morgan fingerprint density at radius 2 is 1.71 bits per heavy atom. The Hall–Kier alpha value is -3.87. The maximum absolute atomic E-state index is 12.2. The van der Waals surface area contributed by atoms with Crippen LogP contribution in [0.5, 0.6) is 5.75 Å². The highest BCUT2D eigenvalue weighted by Gasteiger charge is 2.09. The maximum Gasteiger partial charge on any atom is 0.271 e. The summed E-state index contributed by atoms with van der Waals surface area (Å²) in [4.78, 5) is 24.4. The van der Waals surface area contributed by atoms with Crippen molar-refractivity contribution >= 4 is 23.2 Å². The van der Waals surface area contributed by atoms with Gasteiger partial charge in [-0.05, 0) is 55.5 Å². The molecule has 0 aliphatic carbocycles. The number of nitrogens with zero attached hydrogens (tertiary/aromatic N) is 2. The average molecular weight is 376 g/mol. The van der Waals surface area contributed by atoms with E-state index in [1.807, 2.05) is 41.2 Å². The van der Waals surface area contributed by atoms with Gasteiger partial charge in [0.2, 0.25) is 0 Å². The lowest BCUT2D eigenvalue weighted by Gasteiger charge is -2.07. The van der Waals surface area contributed by atoms with Gasteiger partial charge in [-0.25, -0.2) is 5.43 Å². The molecule has 0 aliphatic heterocycles. The van der Waals surface area contributed by atoms with Gasteiger partial charge in [-0.1, -0.05) is 6.07 Å². The summed E-state index contributed by atoms with van der Waals surface area (Å²) in [6.45, 7) is 1.52. The van der Waals surface area contributed by atoms with Crippen LogP contribution >= 0.6 is 0 Å². The molecule has 2 amide bonds. The Morgan fingerprint density at radius 1 is 1.00 bits per heavy atom. The van der Waals surface area contributed by atoms with Gasteiger partial charge in [0, 0.05) is 35.4 Å². The van der Waals surface area contributed by atoms with Gasteiger partial charge in [-0.3, -0.25) is 9.59 Å². The van der Waals surface area contributed by atoms with E-state index < -0.39 is 11.8 Å². The van der Waals surface area contributed by atoms with Crippen molar-refractivity contribution in [2.75, 3.05) is 12.4 Å². The lowest BCUT2D eigenvalue weighted by atomic mass is 10.2. The average Bonchev–Trinajstić information content (AvgIpc) is 3.27. The van der Waals surface area contributed by atoms with E-state index in [0.717, 1.165) is 5.69 Å². The smallest absolute Gasteiger partial charge is 0.271 e. The van der Waals surface area contributed by atoms with Crippen LogP contribution in [0.2, 0.25) is 0 Å². The number of benzene rings is 2. The fourth-order valence-corrected chi connectivity index (χ4v) is 2.46. The molecule has 3 aromatic rings. The van der Waals surface area contributed by atoms with E-state index in [4.69, 9.17) is 4.74 Å². The van der Waals surface area contributed by atoms with E-state index >= 15 is 0 Å². The molecule has 0 aliphatic rings. The fourth-order valence-electron chi connectivity index (χ4n) is 2.46. The molecule has 0 atom stereocenters. The zero-order chi connectivity index (χ0) is 19.9. The third kappa shape index (κ3) is 4.64. The Balaban J connectivity index is 1.60. The Morgan fingerprint density at radius 3 is 2.39 bits per heavy atom. The van der Waals surface area contributed by atoms with Crippen LogP contribution in [0.4, 0.5) is 5.69 Å². The van der Waals surface area contributed by atoms with Gasteiger partial charge < -0.3 is 14.6 Å². The molecular formula is C21H20N4O3. The lowest BCUT2D eigenvalue weighted by Crippen LogP contribution is -2.25. The van der Waals surface area contributed by atoms with Crippen molar-refractivity contribution in [3.63, 3.8) is 0 Å². The highest BCUT2D eigenvalue weighted by atomic mass is 16.5. The van der Waals surface area contributed by atoms with Gasteiger partial charge in [0.1, 0.15) is 11.5 Å². The molecule has 1 heterocycles. The third-order valence-corrected chi connectivity index (χ3v) is 4.01. The first-order chi connectivity index (χ1) is 13.6. The minimum atomic E-state index is -0.420. The molecule has 2 N–H and O–H groups in total. The summed E-state index contributed by atoms with van der Waals surface area (Å²) in [7, 11) is 1.55. The Kier molecular flexibility index (Phi) is 5.86. The normalized spacial score (nSPS) is 11.0. The number of ether oxygens (including phenoxy) is 1. The molecule has 0 bridgehead atoms. The minimum Gasteiger partial charge on any atom is -0.497 e. The van der Waals surface area contributed by atoms with Crippen molar-refractivity contribution in [3.8, 4) is 11.4 Å². The number of hydrogen-bond acceptors (Lipinski definition) is 4. The largest absolute Gasteiger partial charge is 0.497 e. The summed E-state index contributed by atoms with van der Waals surface area (Å²) in [5.41, 5.74) is 4.49. The minimum absolute atomic E-state index is 0.125. The van der Waals surface area contributed by atoms with Crippen molar-refractivity contribution in [2.45, 2.75) is 6.92 Å². The molecule has 0 unspecified atom stereocenters. The van der Waals surface area contributed by atoms with Crippen molar-refractivity contribution < 1.29 is 14.3 Å². The quantitative estimate of drug-likeness (QED) is 0.512. The maximum atomic E-state index is 12.2. The van der Waals surface area contributed by atoms with Crippen molar-refractivity contribution in [2.24, 2.45) is 5.10 Å². The van der Waals surface area contributed by atoms with Gasteiger partial charge in [0.25, 0.3) is 11.8 Å². The topological polar surface area (TPSA) is 84.7 Å². The molecule has 2 aromatic carbocycles. The summed E-state index contributed by atoms with van der Waals surface area (Å²) < 4.78 is 7.05. The molecule has 0 saturated heterocycles. The second-order valence-electron chi connectivity index (χ2n) is 5.96. The highest BCUT2D eigenvalue weighted by molar-refractivity contribution is 6.42. The number of methoxy groups -OCH3 is 1. The molecule has 142 valence electrons. The predicted octanol–water partition coefficient (Wildman–Crippen LogP) is 3.23. The van der Waals surface area contributed by atoms with Crippen LogP contribution in [-0.4, -0.2) is 29.2 Å². The van der Waals surface area contributed by atoms with E-state index in [-0.39, 0.29) is 5.71 Å². The number of carbonyl (C=O) groups excluding carboxylic acids is 2. The van der Waals surface area contributed by atoms with Gasteiger partial charge in [0.15, 0.2) is 0 Å². The standard InChI is InChI=1S/C21H20N4O3/c1-15(20(26)22-17-6-5-7-19(14-17)28-2)23-24-21(27)16-8-10-18(11-9-16)25-12-3-4-13-25/h3-14H,1-2H3,(H,22,26)(H,24,27)/b23-15+. The van der Waals surface area contributed by atoms with Gasteiger partial charge in [-0.2, -0.15) is 5.10 Å². The first-order valence-corrected chi connectivity index (χ1v) is 8.60. The molecule has 0 spiro atoms. The van der Waals surface area contributed by atoms with Crippen LogP contribution in [0.25, 0.3) is 5.69 Å². The van der Waals surface area contributed by atoms with Crippen molar-refractivity contribution in [1.29, 1.82) is 0 Å². The van der Waals surface area contributed by atoms with Gasteiger partial charge >= 0.3 is 0 Å². The number of aromatic nitrogens is 1. The van der Waals surface area contributed by atoms with Crippen LogP contribution in [-0.2, 0) is 4.79 Å². The second kappa shape index (κ2) is 8.68. The van der Waals surface area contributed by atoms with Crippen LogP contribution in [0.15, 0.2) is 78.2 Å². The van der Waals surface area contributed by atoms with Crippen molar-refractivity contribution in [1.82, 2.24) is 9.99 Å². The van der Waals surface area contributed by atoms with Gasteiger partial charge in [-0.15, -0.1) is 0 Å². The number of hydrazone groups is 1. The van der Waals surface area contributed by atoms with E-state index in [9.17, 15) is 9.59 Å². The molecule has 7 heteroatoms. The second-order valence-corrected chi connectivity index (χ2v) is 5.96. The molecular weight excluding hydrogens is 356 g/mol. The summed E-state index contributed by atoms with van der Waals surface area (Å²) in [6, 6.07) is 17.9. The predicted molar refractivity (Wildman–Crippen MR) is 108 cm³/mol. The SMILES string of the molecule is COc1cccc(NC(=O)/C(C)=N/NC(=O)c2ccc(-n3cccc3)cc2)c1. The van der Waals surface area contributed by atoms with Crippen molar-refractivity contribution in [3.05, 3.63) is 78.6 Å². The Bertz CT molecular complexity index is 993. The monoisotopic (exact) mass is 376 g/mol. The number of anilines is 1. The zero-order valence-corrected chi connectivity index (χ0v) is 15.5. The number of carbonyl (C=O) groups is 2. The van der Waals surface area contributed by atoms with E-state index in [0.29, 0.717) is 17.0 Å². The number of hydrogen-bond donors (Lipinski definition) is 2. The summed E-state index contributed by atoms with van der Waals surface area (Å²) in [5, 5.41) is 6.58. The lowest BCUT2D eigenvalue weighted by molar-refractivity contribution is -0.110. The molecule has 28 heavy (non-hydrogen) atoms. The number of amides is 2. The van der Waals surface area contributed by atoms with E-state index in [1.165, 1.54) is 6.92 Å². The number of rotatable bonds is 6. The molecule has 0 radical (unpaired) electrons. The molecule has 0 saturated carbocycles. The van der Waals surface area contributed by atoms with E-state index in [2.05, 4.69) is 15.8 Å². The van der Waals surface area contributed by atoms with Gasteiger partial charge in [0.05, 0.1) is 7.11 Å². The van der Waals surface area contributed by atoms with Crippen LogP contribution in [0.3, 0.4) is 0 Å². The first-order valence-electron chi connectivity index (χ1n) is 8.60. The third-order valence-electron chi connectivity index (χ3n) is 4.01. The Labute approximate surface area is 162 Å². The first kappa shape index (κ1) is 18.9. The molecule has 7 nitrogen and oxygen atoms in total.